The molecule has 11 heteroatoms. The number of hydrogen-bond donors (Lipinski definition) is 6. The first-order chi connectivity index (χ1) is 19.3. The third kappa shape index (κ3) is 24.8. The Morgan fingerprint density at radius 2 is 1.15 bits per heavy atom. The van der Waals surface area contributed by atoms with E-state index in [9.17, 15) is 19.2 Å². The lowest BCUT2D eigenvalue weighted by atomic mass is 10.0. The molecule has 0 heterocycles. The van der Waals surface area contributed by atoms with Gasteiger partial charge in [0.05, 0.1) is 0 Å². The molecule has 40 heavy (non-hydrogen) atoms. The van der Waals surface area contributed by atoms with Gasteiger partial charge in [0.15, 0.2) is 0 Å². The van der Waals surface area contributed by atoms with Gasteiger partial charge in [0.2, 0.25) is 11.8 Å². The van der Waals surface area contributed by atoms with E-state index in [0.29, 0.717) is 64.7 Å². The number of carboxylic acid groups (broad SMARTS) is 2. The van der Waals surface area contributed by atoms with E-state index in [2.05, 4.69) is 21.0 Å². The van der Waals surface area contributed by atoms with Gasteiger partial charge in [-0.2, -0.15) is 0 Å². The summed E-state index contributed by atoms with van der Waals surface area (Å²) < 4.78 is 0. The van der Waals surface area contributed by atoms with Gasteiger partial charge in [-0.1, -0.05) is 71.1 Å². The summed E-state index contributed by atoms with van der Waals surface area (Å²) in [6, 6.07) is -0.762. The van der Waals surface area contributed by atoms with Gasteiger partial charge in [-0.3, -0.25) is 25.0 Å². The van der Waals surface area contributed by atoms with E-state index in [1.54, 1.807) is 0 Å². The Morgan fingerprint density at radius 1 is 0.650 bits per heavy atom. The summed E-state index contributed by atoms with van der Waals surface area (Å²) in [6.07, 6.45) is 16.5. The summed E-state index contributed by atoms with van der Waals surface area (Å²) in [5.74, 6) is 3.59. The molecule has 1 atom stereocenters. The van der Waals surface area contributed by atoms with Crippen LogP contribution in [0.5, 0.6) is 0 Å². The summed E-state index contributed by atoms with van der Waals surface area (Å²) >= 11 is 0. The molecule has 0 aromatic carbocycles. The van der Waals surface area contributed by atoms with E-state index >= 15 is 0 Å². The molecule has 0 aliphatic heterocycles. The Hall–Kier alpha value is -2.24. The third-order valence-corrected chi connectivity index (χ3v) is 7.14. The van der Waals surface area contributed by atoms with E-state index in [1.165, 1.54) is 44.9 Å². The standard InChI is InChI=1S/C29H57N5O6/c1-2-34(23-20-27(36)31-21-16-15-17-25(33-30)29(39)40)24-22-32-26(35)18-13-11-9-7-5-3-4-6-8-10-12-14-19-28(37)38/h25,33H,2-24,30H2,1H3,(H,31,36)(H,32,35)(H,37,38)(H,39,40)/t25-/m0/s1. The predicted molar refractivity (Wildman–Crippen MR) is 158 cm³/mol. The predicted octanol–water partition coefficient (Wildman–Crippen LogP) is 3.56. The van der Waals surface area contributed by atoms with Gasteiger partial charge in [0.1, 0.15) is 6.04 Å². The average Bonchev–Trinajstić information content (AvgIpc) is 2.92. The zero-order chi connectivity index (χ0) is 29.8. The topological polar surface area (TPSA) is 174 Å². The number of carbonyl (C=O) groups excluding carboxylic acids is 2. The highest BCUT2D eigenvalue weighted by Gasteiger charge is 2.14. The number of amides is 2. The van der Waals surface area contributed by atoms with Crippen molar-refractivity contribution in [1.29, 1.82) is 0 Å². The second kappa shape index (κ2) is 27.0. The molecule has 0 aromatic heterocycles. The summed E-state index contributed by atoms with van der Waals surface area (Å²) in [5.41, 5.74) is 2.27. The monoisotopic (exact) mass is 571 g/mol. The minimum absolute atomic E-state index is 0.0285. The molecule has 0 unspecified atom stereocenters. The highest BCUT2D eigenvalue weighted by Crippen LogP contribution is 2.13. The number of unbranched alkanes of at least 4 members (excludes halogenated alkanes) is 12. The molecule has 2 amide bonds. The zero-order valence-corrected chi connectivity index (χ0v) is 24.9. The Kier molecular flexibility index (Phi) is 25.4. The lowest BCUT2D eigenvalue weighted by Crippen LogP contribution is -2.41. The first-order valence-corrected chi connectivity index (χ1v) is 15.5. The average molecular weight is 572 g/mol. The molecule has 234 valence electrons. The van der Waals surface area contributed by atoms with Crippen LogP contribution in [0.3, 0.4) is 0 Å². The SMILES string of the molecule is CCN(CCNC(=O)CCCCCCCCCCCCCCC(=O)O)CCC(=O)NCCCC[C@H](NN)C(=O)O. The third-order valence-electron chi connectivity index (χ3n) is 7.14. The van der Waals surface area contributed by atoms with Gasteiger partial charge in [-0.25, -0.2) is 5.43 Å². The number of hydrazine groups is 1. The molecular weight excluding hydrogens is 514 g/mol. The van der Waals surface area contributed by atoms with Crippen molar-refractivity contribution in [1.82, 2.24) is 21.0 Å². The van der Waals surface area contributed by atoms with Gasteiger partial charge in [-0.15, -0.1) is 0 Å². The Balaban J connectivity index is 3.60. The van der Waals surface area contributed by atoms with Crippen LogP contribution in [0.15, 0.2) is 0 Å². The van der Waals surface area contributed by atoms with Crippen molar-refractivity contribution < 1.29 is 29.4 Å². The number of aliphatic carboxylic acids is 2. The number of carboxylic acids is 2. The maximum absolute atomic E-state index is 12.1. The maximum atomic E-state index is 12.1. The highest BCUT2D eigenvalue weighted by molar-refractivity contribution is 5.76. The van der Waals surface area contributed by atoms with Crippen molar-refractivity contribution >= 4 is 23.8 Å². The van der Waals surface area contributed by atoms with Gasteiger partial charge < -0.3 is 25.7 Å². The molecule has 0 fully saturated rings. The fourth-order valence-electron chi connectivity index (χ4n) is 4.53. The summed E-state index contributed by atoms with van der Waals surface area (Å²) in [5, 5.41) is 23.4. The molecule has 0 aliphatic rings. The second-order valence-electron chi connectivity index (χ2n) is 10.6. The normalized spacial score (nSPS) is 11.9. The zero-order valence-electron chi connectivity index (χ0n) is 24.9. The van der Waals surface area contributed by atoms with Crippen LogP contribution in [0.1, 0.15) is 122 Å². The molecular formula is C29H57N5O6. The number of nitrogens with zero attached hydrogens (tertiary/aromatic N) is 1. The second-order valence-corrected chi connectivity index (χ2v) is 10.6. The van der Waals surface area contributed by atoms with Gasteiger partial charge in [0.25, 0.3) is 0 Å². The van der Waals surface area contributed by atoms with Gasteiger partial charge in [0, 0.05) is 45.4 Å². The molecule has 7 N–H and O–H groups in total. The summed E-state index contributed by atoms with van der Waals surface area (Å²) in [7, 11) is 0. The molecule has 0 rings (SSSR count). The number of nitrogens with one attached hydrogen (secondary N) is 3. The van der Waals surface area contributed by atoms with Crippen molar-refractivity contribution in [2.24, 2.45) is 5.84 Å². The van der Waals surface area contributed by atoms with Crippen LogP contribution in [0.25, 0.3) is 0 Å². The van der Waals surface area contributed by atoms with Crippen LogP contribution in [0, 0.1) is 0 Å². The minimum Gasteiger partial charge on any atom is -0.481 e. The van der Waals surface area contributed by atoms with Crippen molar-refractivity contribution in [2.75, 3.05) is 32.7 Å². The number of likely N-dealkylation sites (N-methyl/N-ethyl adjacent to an activating group) is 1. The van der Waals surface area contributed by atoms with Crippen molar-refractivity contribution in [3.63, 3.8) is 0 Å². The molecule has 0 saturated carbocycles. The van der Waals surface area contributed by atoms with Gasteiger partial charge in [-0.05, 0) is 38.6 Å². The first-order valence-electron chi connectivity index (χ1n) is 15.5. The van der Waals surface area contributed by atoms with Crippen LogP contribution in [-0.4, -0.2) is 77.6 Å². The van der Waals surface area contributed by atoms with E-state index in [4.69, 9.17) is 16.1 Å². The number of carbonyl (C=O) groups is 4. The van der Waals surface area contributed by atoms with E-state index in [1.807, 2.05) is 6.92 Å². The summed E-state index contributed by atoms with van der Waals surface area (Å²) in [6.45, 7) is 5.27. The van der Waals surface area contributed by atoms with Crippen LogP contribution >= 0.6 is 0 Å². The number of nitrogens with two attached hydrogens (primary N) is 1. The van der Waals surface area contributed by atoms with Crippen LogP contribution in [0.4, 0.5) is 0 Å². The van der Waals surface area contributed by atoms with Crippen molar-refractivity contribution in [2.45, 2.75) is 129 Å². The minimum atomic E-state index is -0.975. The fourth-order valence-corrected chi connectivity index (χ4v) is 4.53. The Bertz CT molecular complexity index is 679. The quantitative estimate of drug-likeness (QED) is 0.0445. The molecule has 0 radical (unpaired) electrons. The highest BCUT2D eigenvalue weighted by atomic mass is 16.4. The lowest BCUT2D eigenvalue weighted by molar-refractivity contribution is -0.140. The molecule has 0 aliphatic carbocycles. The van der Waals surface area contributed by atoms with E-state index in [-0.39, 0.29) is 11.8 Å². The van der Waals surface area contributed by atoms with Gasteiger partial charge >= 0.3 is 11.9 Å². The van der Waals surface area contributed by atoms with Crippen LogP contribution in [-0.2, 0) is 19.2 Å². The molecule has 0 saturated heterocycles. The molecule has 0 aromatic rings. The smallest absolute Gasteiger partial charge is 0.322 e. The largest absolute Gasteiger partial charge is 0.481 e. The van der Waals surface area contributed by atoms with Crippen LogP contribution in [0.2, 0.25) is 0 Å². The maximum Gasteiger partial charge on any atom is 0.322 e. The van der Waals surface area contributed by atoms with Crippen molar-refractivity contribution in [3.8, 4) is 0 Å². The fraction of sp³-hybridized carbons (Fsp3) is 0.862. The Morgan fingerprint density at radius 3 is 1.65 bits per heavy atom. The number of rotatable bonds is 29. The Labute approximate surface area is 241 Å². The summed E-state index contributed by atoms with van der Waals surface area (Å²) in [4.78, 5) is 47.7. The molecule has 0 bridgehead atoms. The first kappa shape index (κ1) is 37.8. The van der Waals surface area contributed by atoms with E-state index in [0.717, 1.165) is 38.6 Å². The molecule has 11 nitrogen and oxygen atoms in total. The van der Waals surface area contributed by atoms with Crippen molar-refractivity contribution in [3.05, 3.63) is 0 Å². The number of hydrogen-bond acceptors (Lipinski definition) is 7. The lowest BCUT2D eigenvalue weighted by Gasteiger charge is -2.20. The van der Waals surface area contributed by atoms with E-state index < -0.39 is 18.0 Å². The van der Waals surface area contributed by atoms with Crippen LogP contribution < -0.4 is 21.9 Å². The molecule has 0 spiro atoms.